The van der Waals surface area contributed by atoms with Gasteiger partial charge in [-0.05, 0) is 173 Å². The number of pyridine rings is 4. The van der Waals surface area contributed by atoms with E-state index in [2.05, 4.69) is 70.7 Å². The van der Waals surface area contributed by atoms with Gasteiger partial charge in [-0.15, -0.1) is 0 Å². The topological polar surface area (TPSA) is 360 Å². The third-order valence-electron chi connectivity index (χ3n) is 18.0. The van der Waals surface area contributed by atoms with E-state index in [1.807, 2.05) is 227 Å². The van der Waals surface area contributed by atoms with Crippen LogP contribution in [0.15, 0.2) is 262 Å². The minimum absolute atomic E-state index is 0. The SMILES string of the molecule is COC(=O)c1cc(-c2ccc(C)cn2)c2cn[nH]c2c1.COC(=O)c1cc(-c2ccc(C)cn2)c2cnn(-c3ccccc3)c2c1.Cc1ccc(-c2cc(C(=O)NCc3cnc(C)cn3)cc3c2cnn3-c2ccccc2)nc1.Cc1ccc(-c2cc(C(=O)O)cc3c2cnn3-c2ccccc2)nc1.Cc1cnc(CN)cn1.[Na+].[OH-]. The second kappa shape index (κ2) is 37.8. The number of aromatic nitrogens is 16. The Morgan fingerprint density at radius 3 is 1.11 bits per heavy atom. The summed E-state index contributed by atoms with van der Waals surface area (Å²) in [6, 6.07) is 59.2. The molecule has 568 valence electrons. The first kappa shape index (κ1) is 82.0. The number of carboxylic acid groups (broad SMARTS) is 1. The molecule has 0 saturated carbocycles. The normalized spacial score (nSPS) is 10.6. The van der Waals surface area contributed by atoms with Gasteiger partial charge < -0.3 is 31.1 Å². The summed E-state index contributed by atoms with van der Waals surface area (Å²) in [5.74, 6) is -1.94. The van der Waals surface area contributed by atoms with Crippen molar-refractivity contribution in [2.24, 2.45) is 5.73 Å². The standard InChI is InChI=1S/C26H22N6O.C21H17N3O2.C20H15N3O2.C15H13N3O2.C6H9N3.Na.H2O/c1-17-8-9-24(29-12-17)22-10-19(26(33)30-15-20-14-27-18(2)13-28-20)11-25-23(22)16-31-32(25)21-6-4-3-5-7-21;1-14-8-9-19(22-12-14)17-10-15(21(25)26-2)11-20-18(17)13-23-24(20)16-6-4-3-5-7-16;1-13-7-8-18(21-11-13)16-9-14(20(24)25)10-19-17(16)12-22-23(19)15-5-3-2-4-6-15;1-9-3-4-13(16-7-9)11-5-10(15(19)20-2)6-14-12(11)8-17-18-14;1-5-3-9-6(2-7)4-8-5;;/h3-14,16H,15H2,1-2H3,(H,30,33);3-13H,1-2H3;2-12H,1H3,(H,24,25);3-8H,1-2H3,(H,17,18);3-4H,2,7H2,1H3;;1H2/q;;;;;+1;/p-1. The minimum Gasteiger partial charge on any atom is -0.870 e. The molecule has 1 amide bonds. The van der Waals surface area contributed by atoms with Gasteiger partial charge in [-0.2, -0.15) is 20.4 Å². The number of ether oxygens (including phenoxy) is 2. The van der Waals surface area contributed by atoms with E-state index in [1.165, 1.54) is 14.2 Å². The van der Waals surface area contributed by atoms with Crippen molar-refractivity contribution < 1.29 is 68.8 Å². The first-order valence-corrected chi connectivity index (χ1v) is 35.7. The molecule has 10 heterocycles. The number of benzene rings is 7. The number of amides is 1. The molecule has 0 aliphatic carbocycles. The average Bonchev–Trinajstić information content (AvgIpc) is 1.65. The Morgan fingerprint density at radius 2 is 0.757 bits per heavy atom. The van der Waals surface area contributed by atoms with Crippen molar-refractivity contribution in [2.45, 2.75) is 54.6 Å². The number of rotatable bonds is 14. The molecule has 0 radical (unpaired) electrons. The van der Waals surface area contributed by atoms with E-state index in [9.17, 15) is 24.3 Å². The third kappa shape index (κ3) is 19.5. The van der Waals surface area contributed by atoms with Crippen LogP contribution >= 0.6 is 0 Å². The van der Waals surface area contributed by atoms with Crippen molar-refractivity contribution in [3.8, 4) is 62.1 Å². The molecular formula is C88H77N18NaO8. The van der Waals surface area contributed by atoms with E-state index >= 15 is 0 Å². The fourth-order valence-corrected chi connectivity index (χ4v) is 12.1. The number of aryl methyl sites for hydroxylation is 6. The molecule has 17 aromatic rings. The number of carboxylic acids is 1. The van der Waals surface area contributed by atoms with Crippen LogP contribution in [0, 0.1) is 41.5 Å². The zero-order valence-electron chi connectivity index (χ0n) is 64.4. The molecule has 0 aliphatic heterocycles. The van der Waals surface area contributed by atoms with Crippen LogP contribution in [0.4, 0.5) is 0 Å². The van der Waals surface area contributed by atoms with Gasteiger partial charge in [-0.3, -0.25) is 49.8 Å². The first-order valence-electron chi connectivity index (χ1n) is 35.7. The maximum absolute atomic E-state index is 13.1. The van der Waals surface area contributed by atoms with Crippen molar-refractivity contribution in [3.05, 3.63) is 330 Å². The molecular weight excluding hydrogens is 1460 g/mol. The molecule has 115 heavy (non-hydrogen) atoms. The predicted molar refractivity (Wildman–Crippen MR) is 435 cm³/mol. The summed E-state index contributed by atoms with van der Waals surface area (Å²) < 4.78 is 15.1. The molecule has 0 spiro atoms. The number of aromatic carboxylic acids is 1. The summed E-state index contributed by atoms with van der Waals surface area (Å²) in [5.41, 5.74) is 26.9. The van der Waals surface area contributed by atoms with Gasteiger partial charge in [0.25, 0.3) is 5.91 Å². The fraction of sp³-hybridized carbons (Fsp3) is 0.114. The van der Waals surface area contributed by atoms with Crippen molar-refractivity contribution in [2.75, 3.05) is 14.2 Å². The third-order valence-corrected chi connectivity index (χ3v) is 18.0. The van der Waals surface area contributed by atoms with Crippen molar-refractivity contribution >= 4 is 67.4 Å². The number of hydrogen-bond donors (Lipinski definition) is 4. The number of fused-ring (bicyclic) bond motifs is 4. The Kier molecular flexibility index (Phi) is 26.9. The number of nitrogens with zero attached hydrogens (tertiary/aromatic N) is 15. The van der Waals surface area contributed by atoms with Gasteiger partial charge in [0.05, 0.1) is 153 Å². The summed E-state index contributed by atoms with van der Waals surface area (Å²) in [7, 11) is 2.74. The number of para-hydroxylation sites is 3. The summed E-state index contributed by atoms with van der Waals surface area (Å²) >= 11 is 0. The monoisotopic (exact) mass is 1540 g/mol. The number of nitrogens with one attached hydrogen (secondary N) is 2. The predicted octanol–water partition coefficient (Wildman–Crippen LogP) is 12.5. The Bertz CT molecular complexity index is 6210. The van der Waals surface area contributed by atoms with Crippen molar-refractivity contribution in [3.63, 3.8) is 0 Å². The summed E-state index contributed by atoms with van der Waals surface area (Å²) in [6.07, 6.45) is 21.1. The maximum Gasteiger partial charge on any atom is 1.00 e. The summed E-state index contributed by atoms with van der Waals surface area (Å²) in [6.45, 7) is 12.5. The quantitative estimate of drug-likeness (QED) is 0.0580. The molecule has 6 N–H and O–H groups in total. The molecule has 0 atom stereocenters. The van der Waals surface area contributed by atoms with Gasteiger partial charge in [-0.1, -0.05) is 78.9 Å². The Labute approximate surface area is 682 Å². The molecule has 26 nitrogen and oxygen atoms in total. The van der Waals surface area contributed by atoms with Gasteiger partial charge in [0, 0.05) is 99.3 Å². The molecule has 27 heteroatoms. The molecule has 7 aromatic carbocycles. The Balaban J connectivity index is 0.000000146. The smallest absolute Gasteiger partial charge is 0.870 e. The van der Waals surface area contributed by atoms with Crippen LogP contribution in [0.5, 0.6) is 0 Å². The molecule has 17 rings (SSSR count). The zero-order chi connectivity index (χ0) is 79.1. The fourth-order valence-electron chi connectivity index (χ4n) is 12.1. The number of H-pyrrole nitrogens is 1. The number of methoxy groups -OCH3 is 2. The molecule has 10 aromatic heterocycles. The number of aromatic amines is 1. The molecule has 0 aliphatic rings. The zero-order valence-corrected chi connectivity index (χ0v) is 66.4. The van der Waals surface area contributed by atoms with Crippen LogP contribution in [-0.2, 0) is 22.6 Å². The second-order valence-electron chi connectivity index (χ2n) is 26.3. The van der Waals surface area contributed by atoms with Crippen LogP contribution in [-0.4, -0.2) is 128 Å². The number of carbonyl (C=O) groups excluding carboxylic acids is 3. The second-order valence-corrected chi connectivity index (χ2v) is 26.3. The maximum atomic E-state index is 13.1. The van der Waals surface area contributed by atoms with E-state index in [0.717, 1.165) is 145 Å². The minimum atomic E-state index is -0.976. The van der Waals surface area contributed by atoms with Crippen molar-refractivity contribution in [1.82, 2.24) is 84.7 Å². The van der Waals surface area contributed by atoms with Gasteiger partial charge in [0.2, 0.25) is 0 Å². The van der Waals surface area contributed by atoms with Gasteiger partial charge in [0.1, 0.15) is 0 Å². The molecule has 0 fully saturated rings. The first-order chi connectivity index (χ1) is 54.9. The average molecular weight is 1540 g/mol. The van der Waals surface area contributed by atoms with Gasteiger partial charge in [-0.25, -0.2) is 28.4 Å². The van der Waals surface area contributed by atoms with Crippen LogP contribution in [0.2, 0.25) is 0 Å². The molecule has 0 saturated heterocycles. The van der Waals surface area contributed by atoms with E-state index < -0.39 is 5.97 Å². The van der Waals surface area contributed by atoms with Gasteiger partial charge >= 0.3 is 47.5 Å². The van der Waals surface area contributed by atoms with E-state index in [4.69, 9.17) is 15.2 Å². The number of esters is 2. The van der Waals surface area contributed by atoms with E-state index in [0.29, 0.717) is 35.5 Å². The van der Waals surface area contributed by atoms with E-state index in [1.54, 1.807) is 90.8 Å². The molecule has 0 unspecified atom stereocenters. The van der Waals surface area contributed by atoms with Gasteiger partial charge in [0.15, 0.2) is 0 Å². The van der Waals surface area contributed by atoms with Crippen molar-refractivity contribution in [1.29, 1.82) is 0 Å². The summed E-state index contributed by atoms with van der Waals surface area (Å²) in [4.78, 5) is 83.2. The summed E-state index contributed by atoms with van der Waals surface area (Å²) in [5, 5.41) is 36.6. The number of nitrogens with two attached hydrogens (primary N) is 1. The van der Waals surface area contributed by atoms with E-state index in [-0.39, 0.29) is 58.4 Å². The van der Waals surface area contributed by atoms with Crippen LogP contribution in [0.3, 0.4) is 0 Å². The number of carbonyl (C=O) groups is 4. The van der Waals surface area contributed by atoms with Crippen LogP contribution in [0.1, 0.15) is 86.5 Å². The largest absolute Gasteiger partial charge is 1.00 e. The Morgan fingerprint density at radius 1 is 0.400 bits per heavy atom. The van der Waals surface area contributed by atoms with Crippen LogP contribution < -0.4 is 40.6 Å². The van der Waals surface area contributed by atoms with Crippen LogP contribution in [0.25, 0.3) is 106 Å². The number of hydrogen-bond acceptors (Lipinski definition) is 20. The Hall–Kier alpha value is -14.0. The molecule has 0 bridgehead atoms.